The highest BCUT2D eigenvalue weighted by atomic mass is 35.5. The summed E-state index contributed by atoms with van der Waals surface area (Å²) in [6.07, 6.45) is 2.56. The SMILES string of the molecule is CN[C@H](Cc1c[nH]c2ccccc12)C(=O)OC.Cl. The molecule has 5 heteroatoms. The summed E-state index contributed by atoms with van der Waals surface area (Å²) in [5, 5.41) is 4.12. The number of hydrogen-bond acceptors (Lipinski definition) is 3. The summed E-state index contributed by atoms with van der Waals surface area (Å²) in [6.45, 7) is 0. The molecular weight excluding hydrogens is 252 g/mol. The third-order valence-electron chi connectivity index (χ3n) is 2.93. The predicted molar refractivity (Wildman–Crippen MR) is 74.1 cm³/mol. The number of carbonyl (C=O) groups excluding carboxylic acids is 1. The van der Waals surface area contributed by atoms with E-state index in [9.17, 15) is 4.79 Å². The van der Waals surface area contributed by atoms with Gasteiger partial charge in [-0.25, -0.2) is 0 Å². The van der Waals surface area contributed by atoms with Crippen molar-refractivity contribution in [2.45, 2.75) is 12.5 Å². The molecule has 98 valence electrons. The second kappa shape index (κ2) is 6.42. The van der Waals surface area contributed by atoms with E-state index in [0.29, 0.717) is 6.42 Å². The summed E-state index contributed by atoms with van der Waals surface area (Å²) < 4.78 is 4.75. The van der Waals surface area contributed by atoms with E-state index in [1.807, 2.05) is 30.5 Å². The number of aromatic nitrogens is 1. The van der Waals surface area contributed by atoms with Crippen LogP contribution >= 0.6 is 12.4 Å². The Kier molecular flexibility index (Phi) is 5.19. The zero-order chi connectivity index (χ0) is 12.3. The van der Waals surface area contributed by atoms with Crippen LogP contribution in [0.3, 0.4) is 0 Å². The first-order valence-corrected chi connectivity index (χ1v) is 5.56. The molecule has 0 amide bonds. The largest absolute Gasteiger partial charge is 0.468 e. The molecule has 2 N–H and O–H groups in total. The van der Waals surface area contributed by atoms with Crippen molar-refractivity contribution in [3.8, 4) is 0 Å². The van der Waals surface area contributed by atoms with Crippen LogP contribution in [0.25, 0.3) is 10.9 Å². The number of nitrogens with one attached hydrogen (secondary N) is 2. The molecule has 2 aromatic rings. The van der Waals surface area contributed by atoms with Gasteiger partial charge in [0.25, 0.3) is 0 Å². The van der Waals surface area contributed by atoms with Crippen molar-refractivity contribution in [1.82, 2.24) is 10.3 Å². The van der Waals surface area contributed by atoms with Gasteiger partial charge in [0.15, 0.2) is 0 Å². The molecule has 0 aliphatic carbocycles. The number of ether oxygens (including phenoxy) is 1. The lowest BCUT2D eigenvalue weighted by atomic mass is 10.1. The number of hydrogen-bond donors (Lipinski definition) is 2. The lowest BCUT2D eigenvalue weighted by molar-refractivity contribution is -0.142. The lowest BCUT2D eigenvalue weighted by Crippen LogP contribution is -2.36. The normalized spacial score (nSPS) is 11.9. The van der Waals surface area contributed by atoms with Crippen LogP contribution in [0.15, 0.2) is 30.5 Å². The van der Waals surface area contributed by atoms with E-state index >= 15 is 0 Å². The van der Waals surface area contributed by atoms with Gasteiger partial charge in [-0.3, -0.25) is 4.79 Å². The number of esters is 1. The fourth-order valence-corrected chi connectivity index (χ4v) is 1.97. The molecule has 0 spiro atoms. The minimum Gasteiger partial charge on any atom is -0.468 e. The maximum atomic E-state index is 11.5. The molecule has 0 fully saturated rings. The Morgan fingerprint density at radius 1 is 1.44 bits per heavy atom. The molecule has 0 bridgehead atoms. The maximum Gasteiger partial charge on any atom is 0.323 e. The molecule has 1 heterocycles. The van der Waals surface area contributed by atoms with Gasteiger partial charge in [-0.2, -0.15) is 0 Å². The Morgan fingerprint density at radius 2 is 2.17 bits per heavy atom. The first-order chi connectivity index (χ1) is 8.26. The Labute approximate surface area is 112 Å². The van der Waals surface area contributed by atoms with Gasteiger partial charge in [0, 0.05) is 23.5 Å². The lowest BCUT2D eigenvalue weighted by Gasteiger charge is -2.12. The number of carbonyl (C=O) groups is 1. The second-order valence-electron chi connectivity index (χ2n) is 3.93. The number of para-hydroxylation sites is 1. The Morgan fingerprint density at radius 3 is 2.83 bits per heavy atom. The molecule has 18 heavy (non-hydrogen) atoms. The number of methoxy groups -OCH3 is 1. The van der Waals surface area contributed by atoms with Crippen molar-refractivity contribution in [3.63, 3.8) is 0 Å². The van der Waals surface area contributed by atoms with Crippen LogP contribution in [-0.4, -0.2) is 31.2 Å². The van der Waals surface area contributed by atoms with Gasteiger partial charge in [-0.05, 0) is 18.7 Å². The number of rotatable bonds is 4. The van der Waals surface area contributed by atoms with E-state index in [4.69, 9.17) is 4.74 Å². The van der Waals surface area contributed by atoms with E-state index in [0.717, 1.165) is 16.5 Å². The molecule has 1 aromatic carbocycles. The van der Waals surface area contributed by atoms with Crippen LogP contribution in [0.1, 0.15) is 5.56 Å². The van der Waals surface area contributed by atoms with Crippen molar-refractivity contribution < 1.29 is 9.53 Å². The molecule has 0 saturated heterocycles. The van der Waals surface area contributed by atoms with E-state index in [-0.39, 0.29) is 24.4 Å². The minimum atomic E-state index is -0.306. The monoisotopic (exact) mass is 268 g/mol. The summed E-state index contributed by atoms with van der Waals surface area (Å²) in [7, 11) is 3.17. The quantitative estimate of drug-likeness (QED) is 0.833. The topological polar surface area (TPSA) is 54.1 Å². The van der Waals surface area contributed by atoms with Crippen molar-refractivity contribution in [1.29, 1.82) is 0 Å². The van der Waals surface area contributed by atoms with Gasteiger partial charge in [-0.15, -0.1) is 12.4 Å². The fraction of sp³-hybridized carbons (Fsp3) is 0.308. The molecule has 0 aliphatic heterocycles. The smallest absolute Gasteiger partial charge is 0.323 e. The third-order valence-corrected chi connectivity index (χ3v) is 2.93. The highest BCUT2D eigenvalue weighted by molar-refractivity contribution is 5.85. The molecule has 2 rings (SSSR count). The van der Waals surface area contributed by atoms with Gasteiger partial charge in [0.1, 0.15) is 6.04 Å². The highest BCUT2D eigenvalue weighted by Gasteiger charge is 2.18. The maximum absolute atomic E-state index is 11.5. The summed E-state index contributed by atoms with van der Waals surface area (Å²) in [5.74, 6) is -0.238. The molecular formula is C13H17ClN2O2. The van der Waals surface area contributed by atoms with Crippen molar-refractivity contribution >= 4 is 29.3 Å². The van der Waals surface area contributed by atoms with Gasteiger partial charge in [0.05, 0.1) is 7.11 Å². The molecule has 1 atom stereocenters. The van der Waals surface area contributed by atoms with E-state index in [1.54, 1.807) is 7.05 Å². The Balaban J connectivity index is 0.00000162. The highest BCUT2D eigenvalue weighted by Crippen LogP contribution is 2.19. The van der Waals surface area contributed by atoms with Crippen LogP contribution in [0.4, 0.5) is 0 Å². The Bertz CT molecular complexity index is 524. The summed E-state index contributed by atoms with van der Waals surface area (Å²) in [4.78, 5) is 14.7. The first kappa shape index (κ1) is 14.5. The van der Waals surface area contributed by atoms with E-state index < -0.39 is 0 Å². The average molecular weight is 269 g/mol. The summed E-state index contributed by atoms with van der Waals surface area (Å²) in [5.41, 5.74) is 2.20. The van der Waals surface area contributed by atoms with Crippen molar-refractivity contribution in [2.24, 2.45) is 0 Å². The van der Waals surface area contributed by atoms with Crippen molar-refractivity contribution in [3.05, 3.63) is 36.0 Å². The van der Waals surface area contributed by atoms with E-state index in [1.165, 1.54) is 7.11 Å². The fourth-order valence-electron chi connectivity index (χ4n) is 1.97. The molecule has 0 radical (unpaired) electrons. The predicted octanol–water partition coefficient (Wildman–Crippen LogP) is 1.89. The van der Waals surface area contributed by atoms with Gasteiger partial charge < -0.3 is 15.0 Å². The summed E-state index contributed by atoms with van der Waals surface area (Å²) >= 11 is 0. The first-order valence-electron chi connectivity index (χ1n) is 5.56. The second-order valence-corrected chi connectivity index (χ2v) is 3.93. The van der Waals surface area contributed by atoms with Crippen LogP contribution in [0.5, 0.6) is 0 Å². The van der Waals surface area contributed by atoms with Crippen molar-refractivity contribution in [2.75, 3.05) is 14.2 Å². The number of fused-ring (bicyclic) bond motifs is 1. The van der Waals surface area contributed by atoms with Gasteiger partial charge in [-0.1, -0.05) is 18.2 Å². The van der Waals surface area contributed by atoms with Crippen LogP contribution in [0.2, 0.25) is 0 Å². The summed E-state index contributed by atoms with van der Waals surface area (Å²) in [6, 6.07) is 7.74. The van der Waals surface area contributed by atoms with Crippen LogP contribution in [-0.2, 0) is 16.0 Å². The number of aromatic amines is 1. The Hall–Kier alpha value is -1.52. The number of benzene rings is 1. The third kappa shape index (κ3) is 2.83. The zero-order valence-electron chi connectivity index (χ0n) is 10.4. The molecule has 0 unspecified atom stereocenters. The van der Waals surface area contributed by atoms with Gasteiger partial charge in [0.2, 0.25) is 0 Å². The number of likely N-dealkylation sites (N-methyl/N-ethyl adjacent to an activating group) is 1. The number of H-pyrrole nitrogens is 1. The molecule has 1 aromatic heterocycles. The minimum absolute atomic E-state index is 0. The number of halogens is 1. The average Bonchev–Trinajstić information content (AvgIpc) is 2.78. The van der Waals surface area contributed by atoms with Crippen LogP contribution < -0.4 is 5.32 Å². The van der Waals surface area contributed by atoms with E-state index in [2.05, 4.69) is 10.3 Å². The zero-order valence-corrected chi connectivity index (χ0v) is 11.2. The molecule has 0 saturated carbocycles. The van der Waals surface area contributed by atoms with Gasteiger partial charge >= 0.3 is 5.97 Å². The molecule has 0 aliphatic rings. The molecule has 4 nitrogen and oxygen atoms in total. The van der Waals surface area contributed by atoms with Crippen LogP contribution in [0, 0.1) is 0 Å². The standard InChI is InChI=1S/C13H16N2O2.ClH/c1-14-12(13(16)17-2)7-9-8-15-11-6-4-3-5-10(9)11;/h3-6,8,12,14-15H,7H2,1-2H3;1H/t12-;/m1./s1.